The van der Waals surface area contributed by atoms with E-state index in [1.54, 1.807) is 5.98 Å². The molecule has 1 aliphatic rings. The maximum absolute atomic E-state index is 5.52. The summed E-state index contributed by atoms with van der Waals surface area (Å²) in [6.07, 6.45) is 5.33. The van der Waals surface area contributed by atoms with E-state index in [4.69, 9.17) is 12.6 Å². The Morgan fingerprint density at radius 3 is 3.00 bits per heavy atom. The van der Waals surface area contributed by atoms with Gasteiger partial charge in [-0.1, -0.05) is 11.6 Å². The van der Waals surface area contributed by atoms with E-state index in [1.807, 2.05) is 6.08 Å². The number of rotatable bonds is 1. The quantitative estimate of drug-likeness (QED) is 0.423. The number of ether oxygens (including phenoxy) is 1. The molecule has 1 nitrogen and oxygen atoms in total. The van der Waals surface area contributed by atoms with Crippen LogP contribution in [0.25, 0.3) is 0 Å². The SMILES string of the molecule is [B]/C=C1/CCCCOCC1C=C. The van der Waals surface area contributed by atoms with Gasteiger partial charge < -0.3 is 4.74 Å². The molecule has 64 valence electrons. The summed E-state index contributed by atoms with van der Waals surface area (Å²) >= 11 is 0. The van der Waals surface area contributed by atoms with Crippen molar-refractivity contribution < 1.29 is 4.74 Å². The fourth-order valence-corrected chi connectivity index (χ4v) is 1.46. The van der Waals surface area contributed by atoms with Gasteiger partial charge in [0, 0.05) is 12.5 Å². The average molecular weight is 162 g/mol. The Bertz CT molecular complexity index is 175. The zero-order chi connectivity index (χ0) is 8.81. The van der Waals surface area contributed by atoms with Crippen LogP contribution in [0.15, 0.2) is 24.2 Å². The molecule has 0 spiro atoms. The van der Waals surface area contributed by atoms with Crippen LogP contribution in [0.5, 0.6) is 0 Å². The van der Waals surface area contributed by atoms with Crippen molar-refractivity contribution in [2.75, 3.05) is 13.2 Å². The molecule has 1 rings (SSSR count). The maximum Gasteiger partial charge on any atom is 0.102 e. The minimum atomic E-state index is 0.329. The van der Waals surface area contributed by atoms with Gasteiger partial charge in [0.2, 0.25) is 0 Å². The molecule has 2 heteroatoms. The molecule has 1 unspecified atom stereocenters. The largest absolute Gasteiger partial charge is 0.381 e. The molecule has 2 radical (unpaired) electrons. The van der Waals surface area contributed by atoms with Crippen LogP contribution in [0.2, 0.25) is 0 Å². The highest BCUT2D eigenvalue weighted by Crippen LogP contribution is 2.21. The molecule has 0 aromatic carbocycles. The Labute approximate surface area is 75.9 Å². The van der Waals surface area contributed by atoms with Gasteiger partial charge in [0.1, 0.15) is 7.85 Å². The van der Waals surface area contributed by atoms with E-state index in [-0.39, 0.29) is 0 Å². The van der Waals surface area contributed by atoms with E-state index < -0.39 is 0 Å². The topological polar surface area (TPSA) is 9.23 Å². The lowest BCUT2D eigenvalue weighted by Crippen LogP contribution is -2.14. The lowest BCUT2D eigenvalue weighted by Gasteiger charge is -2.20. The minimum absolute atomic E-state index is 0.329. The zero-order valence-corrected chi connectivity index (χ0v) is 7.46. The summed E-state index contributed by atoms with van der Waals surface area (Å²) < 4.78 is 5.44. The Kier molecular flexibility index (Phi) is 4.16. The van der Waals surface area contributed by atoms with Crippen molar-refractivity contribution in [3.63, 3.8) is 0 Å². The van der Waals surface area contributed by atoms with Crippen molar-refractivity contribution >= 4 is 7.85 Å². The van der Waals surface area contributed by atoms with Crippen molar-refractivity contribution in [3.05, 3.63) is 24.2 Å². The second kappa shape index (κ2) is 5.20. The predicted molar refractivity (Wildman–Crippen MR) is 52.2 cm³/mol. The van der Waals surface area contributed by atoms with Crippen LogP contribution in [-0.4, -0.2) is 21.1 Å². The van der Waals surface area contributed by atoms with E-state index in [9.17, 15) is 0 Å². The van der Waals surface area contributed by atoms with E-state index >= 15 is 0 Å². The molecule has 0 N–H and O–H groups in total. The van der Waals surface area contributed by atoms with Gasteiger partial charge >= 0.3 is 0 Å². The summed E-state index contributed by atoms with van der Waals surface area (Å²) in [7, 11) is 5.52. The third kappa shape index (κ3) is 2.52. The fraction of sp³-hybridized carbons (Fsp3) is 0.600. The molecular formula is C10H15BO. The number of hydrogen-bond donors (Lipinski definition) is 0. The van der Waals surface area contributed by atoms with Gasteiger partial charge in [-0.25, -0.2) is 0 Å². The molecule has 0 aromatic rings. The van der Waals surface area contributed by atoms with E-state index in [0.29, 0.717) is 5.92 Å². The predicted octanol–water partition coefficient (Wildman–Crippen LogP) is 2.04. The van der Waals surface area contributed by atoms with E-state index in [1.165, 1.54) is 12.0 Å². The van der Waals surface area contributed by atoms with Crippen LogP contribution >= 0.6 is 0 Å². The van der Waals surface area contributed by atoms with Gasteiger partial charge in [0.25, 0.3) is 0 Å². The van der Waals surface area contributed by atoms with Crippen LogP contribution < -0.4 is 0 Å². The molecule has 1 atom stereocenters. The minimum Gasteiger partial charge on any atom is -0.381 e. The molecule has 0 bridgehead atoms. The lowest BCUT2D eigenvalue weighted by atomic mass is 9.89. The summed E-state index contributed by atoms with van der Waals surface area (Å²) in [4.78, 5) is 0. The van der Waals surface area contributed by atoms with Crippen molar-refractivity contribution in [1.29, 1.82) is 0 Å². The first-order chi connectivity index (χ1) is 5.88. The summed E-state index contributed by atoms with van der Waals surface area (Å²) in [5.41, 5.74) is 1.27. The van der Waals surface area contributed by atoms with Crippen LogP contribution in [0.1, 0.15) is 19.3 Å². The highest BCUT2D eigenvalue weighted by molar-refractivity contribution is 6.17. The van der Waals surface area contributed by atoms with E-state index in [2.05, 4.69) is 6.58 Å². The molecule has 0 amide bonds. The van der Waals surface area contributed by atoms with Gasteiger partial charge in [-0.2, -0.15) is 0 Å². The van der Waals surface area contributed by atoms with Crippen molar-refractivity contribution in [1.82, 2.24) is 0 Å². The lowest BCUT2D eigenvalue weighted by molar-refractivity contribution is 0.109. The van der Waals surface area contributed by atoms with Crippen molar-refractivity contribution in [2.24, 2.45) is 5.92 Å². The Hall–Kier alpha value is -0.495. The first kappa shape index (κ1) is 9.59. The van der Waals surface area contributed by atoms with Crippen LogP contribution in [0.3, 0.4) is 0 Å². The average Bonchev–Trinajstić information content (AvgIpc) is 2.05. The third-order valence-electron chi connectivity index (χ3n) is 2.28. The Morgan fingerprint density at radius 2 is 2.33 bits per heavy atom. The normalized spacial score (nSPS) is 29.3. The summed E-state index contributed by atoms with van der Waals surface area (Å²) in [6, 6.07) is 0. The van der Waals surface area contributed by atoms with Crippen molar-refractivity contribution in [3.8, 4) is 0 Å². The first-order valence-corrected chi connectivity index (χ1v) is 4.49. The van der Waals surface area contributed by atoms with Gasteiger partial charge in [0.05, 0.1) is 6.61 Å². The Balaban J connectivity index is 2.57. The molecule has 0 saturated carbocycles. The summed E-state index contributed by atoms with van der Waals surface area (Å²) in [5.74, 6) is 2.04. The molecule has 0 aliphatic carbocycles. The number of hydrogen-bond acceptors (Lipinski definition) is 1. The first-order valence-electron chi connectivity index (χ1n) is 4.49. The fourth-order valence-electron chi connectivity index (χ4n) is 1.46. The molecule has 1 saturated heterocycles. The summed E-state index contributed by atoms with van der Waals surface area (Å²) in [5, 5.41) is 0. The maximum atomic E-state index is 5.52. The zero-order valence-electron chi connectivity index (χ0n) is 7.46. The highest BCUT2D eigenvalue weighted by atomic mass is 16.5. The second-order valence-electron chi connectivity index (χ2n) is 3.12. The smallest absolute Gasteiger partial charge is 0.102 e. The molecule has 12 heavy (non-hydrogen) atoms. The van der Waals surface area contributed by atoms with Crippen LogP contribution in [0.4, 0.5) is 0 Å². The molecule has 0 aromatic heterocycles. The third-order valence-corrected chi connectivity index (χ3v) is 2.28. The standard InChI is InChI=1S/C10H15BO/c1-2-9-8-12-6-4-3-5-10(9)7-11/h2,7,9H,1,3-6,8H2/b10-7-. The van der Waals surface area contributed by atoms with Crippen LogP contribution in [-0.2, 0) is 4.74 Å². The van der Waals surface area contributed by atoms with Gasteiger partial charge in [-0.15, -0.1) is 12.6 Å². The van der Waals surface area contributed by atoms with Gasteiger partial charge in [-0.05, 0) is 19.3 Å². The Morgan fingerprint density at radius 1 is 1.50 bits per heavy atom. The van der Waals surface area contributed by atoms with Gasteiger partial charge in [0.15, 0.2) is 0 Å². The second-order valence-corrected chi connectivity index (χ2v) is 3.12. The molecule has 1 heterocycles. The molecular weight excluding hydrogens is 147 g/mol. The summed E-state index contributed by atoms with van der Waals surface area (Å²) in [6.45, 7) is 5.40. The molecule has 1 aliphatic heterocycles. The van der Waals surface area contributed by atoms with Crippen LogP contribution in [0, 0.1) is 5.92 Å². The van der Waals surface area contributed by atoms with E-state index in [0.717, 1.165) is 26.1 Å². The van der Waals surface area contributed by atoms with Crippen molar-refractivity contribution in [2.45, 2.75) is 19.3 Å². The molecule has 1 fully saturated rings. The highest BCUT2D eigenvalue weighted by Gasteiger charge is 2.11. The monoisotopic (exact) mass is 162 g/mol. The van der Waals surface area contributed by atoms with Gasteiger partial charge in [-0.3, -0.25) is 0 Å².